The molecule has 100 valence electrons. The summed E-state index contributed by atoms with van der Waals surface area (Å²) in [4.78, 5) is 14.8. The van der Waals surface area contributed by atoms with Gasteiger partial charge in [0.1, 0.15) is 5.76 Å². The lowest BCUT2D eigenvalue weighted by atomic mass is 10.2. The van der Waals surface area contributed by atoms with Gasteiger partial charge < -0.3 is 19.6 Å². The molecule has 2 heterocycles. The van der Waals surface area contributed by atoms with E-state index in [0.717, 1.165) is 5.69 Å². The molecule has 0 aromatic carbocycles. The lowest BCUT2D eigenvalue weighted by Crippen LogP contribution is -2.06. The van der Waals surface area contributed by atoms with Gasteiger partial charge in [-0.1, -0.05) is 0 Å². The van der Waals surface area contributed by atoms with Gasteiger partial charge >= 0.3 is 5.97 Å². The second-order valence-electron chi connectivity index (χ2n) is 3.96. The van der Waals surface area contributed by atoms with Crippen LogP contribution in [0.4, 0.5) is 5.69 Å². The molecule has 0 fully saturated rings. The van der Waals surface area contributed by atoms with Gasteiger partial charge in [-0.2, -0.15) is 0 Å². The molecule has 0 saturated heterocycles. The molecular weight excluding hydrogens is 248 g/mol. The van der Waals surface area contributed by atoms with Crippen molar-refractivity contribution in [2.75, 3.05) is 12.4 Å². The first-order valence-electron chi connectivity index (χ1n) is 5.69. The highest BCUT2D eigenvalue weighted by atomic mass is 16.5. The van der Waals surface area contributed by atoms with Crippen molar-refractivity contribution >= 4 is 11.7 Å². The number of nitrogens with zero attached hydrogens (tertiary/aromatic N) is 1. The second-order valence-corrected chi connectivity index (χ2v) is 3.96. The number of hydrogen-bond acceptors (Lipinski definition) is 5. The molecule has 6 heteroatoms. The van der Waals surface area contributed by atoms with Crippen LogP contribution in [0.1, 0.15) is 29.3 Å². The van der Waals surface area contributed by atoms with Gasteiger partial charge in [0.15, 0.2) is 0 Å². The van der Waals surface area contributed by atoms with Gasteiger partial charge in [-0.15, -0.1) is 0 Å². The topological polar surface area (TPSA) is 84.6 Å². The molecule has 0 aliphatic carbocycles. The number of ether oxygens (including phenoxy) is 1. The van der Waals surface area contributed by atoms with Crippen LogP contribution < -0.4 is 10.1 Å². The van der Waals surface area contributed by atoms with Crippen LogP contribution in [-0.4, -0.2) is 23.2 Å². The van der Waals surface area contributed by atoms with E-state index in [0.29, 0.717) is 11.6 Å². The Kier molecular flexibility index (Phi) is 3.70. The lowest BCUT2D eigenvalue weighted by Gasteiger charge is -2.12. The van der Waals surface area contributed by atoms with E-state index in [1.54, 1.807) is 25.4 Å². The average Bonchev–Trinajstić information content (AvgIpc) is 2.89. The van der Waals surface area contributed by atoms with E-state index < -0.39 is 5.97 Å². The van der Waals surface area contributed by atoms with Crippen LogP contribution in [0.3, 0.4) is 0 Å². The Balaban J connectivity index is 2.06. The fraction of sp³-hybridized carbons (Fsp3) is 0.231. The lowest BCUT2D eigenvalue weighted by molar-refractivity contribution is 0.0660. The second kappa shape index (κ2) is 5.43. The van der Waals surface area contributed by atoms with E-state index in [1.807, 2.05) is 13.0 Å². The van der Waals surface area contributed by atoms with Gasteiger partial charge in [-0.25, -0.2) is 9.78 Å². The van der Waals surface area contributed by atoms with Gasteiger partial charge in [-0.05, 0) is 25.1 Å². The maximum atomic E-state index is 10.7. The number of carboxylic acids is 1. The van der Waals surface area contributed by atoms with Gasteiger partial charge in [-0.3, -0.25) is 0 Å². The predicted octanol–water partition coefficient (Wildman–Crippen LogP) is 2.55. The summed E-state index contributed by atoms with van der Waals surface area (Å²) in [5.41, 5.74) is 0.793. The zero-order valence-electron chi connectivity index (χ0n) is 10.6. The smallest absolute Gasteiger partial charge is 0.371 e. The zero-order valence-corrected chi connectivity index (χ0v) is 10.6. The highest BCUT2D eigenvalue weighted by molar-refractivity contribution is 5.84. The summed E-state index contributed by atoms with van der Waals surface area (Å²) >= 11 is 0. The van der Waals surface area contributed by atoms with E-state index in [1.165, 1.54) is 6.07 Å². The Bertz CT molecular complexity index is 562. The fourth-order valence-corrected chi connectivity index (χ4v) is 1.61. The number of aromatic nitrogens is 1. The quantitative estimate of drug-likeness (QED) is 0.861. The average molecular weight is 262 g/mol. The molecule has 0 bridgehead atoms. The minimum atomic E-state index is -1.08. The largest absolute Gasteiger partial charge is 0.481 e. The summed E-state index contributed by atoms with van der Waals surface area (Å²) in [5.74, 6) is -0.0707. The van der Waals surface area contributed by atoms with Crippen LogP contribution in [0.2, 0.25) is 0 Å². The molecule has 0 amide bonds. The molecule has 0 aliphatic heterocycles. The summed E-state index contributed by atoms with van der Waals surface area (Å²) in [6, 6.07) is 6.46. The molecule has 2 aromatic rings. The number of furan rings is 1. The molecule has 19 heavy (non-hydrogen) atoms. The zero-order chi connectivity index (χ0) is 13.8. The van der Waals surface area contributed by atoms with E-state index in [-0.39, 0.29) is 11.8 Å². The molecule has 0 radical (unpaired) electrons. The van der Waals surface area contributed by atoms with Crippen molar-refractivity contribution in [1.29, 1.82) is 0 Å². The Labute approximate surface area is 110 Å². The third kappa shape index (κ3) is 3.04. The number of hydrogen-bond donors (Lipinski definition) is 2. The van der Waals surface area contributed by atoms with Crippen molar-refractivity contribution in [2.24, 2.45) is 0 Å². The Hall–Kier alpha value is -2.50. The molecule has 1 atom stereocenters. The Morgan fingerprint density at radius 3 is 2.74 bits per heavy atom. The highest BCUT2D eigenvalue weighted by Crippen LogP contribution is 2.21. The van der Waals surface area contributed by atoms with Crippen LogP contribution in [0, 0.1) is 0 Å². The third-order valence-electron chi connectivity index (χ3n) is 2.59. The predicted molar refractivity (Wildman–Crippen MR) is 68.5 cm³/mol. The van der Waals surface area contributed by atoms with E-state index >= 15 is 0 Å². The molecule has 6 nitrogen and oxygen atoms in total. The number of aromatic carboxylic acids is 1. The molecule has 0 spiro atoms. The van der Waals surface area contributed by atoms with Gasteiger partial charge in [0, 0.05) is 6.07 Å². The minimum Gasteiger partial charge on any atom is -0.481 e. The van der Waals surface area contributed by atoms with E-state index in [2.05, 4.69) is 10.3 Å². The summed E-state index contributed by atoms with van der Waals surface area (Å²) in [6.07, 6.45) is 1.64. The van der Waals surface area contributed by atoms with Crippen LogP contribution in [-0.2, 0) is 0 Å². The Morgan fingerprint density at radius 2 is 2.21 bits per heavy atom. The van der Waals surface area contributed by atoms with Gasteiger partial charge in [0.05, 0.1) is 25.0 Å². The first-order valence-corrected chi connectivity index (χ1v) is 5.69. The van der Waals surface area contributed by atoms with Crippen molar-refractivity contribution in [2.45, 2.75) is 13.0 Å². The number of nitrogens with one attached hydrogen (secondary N) is 1. The Morgan fingerprint density at radius 1 is 1.42 bits per heavy atom. The molecule has 0 saturated carbocycles. The number of carbonyl (C=O) groups is 1. The first kappa shape index (κ1) is 12.9. The molecule has 2 N–H and O–H groups in total. The minimum absolute atomic E-state index is 0.0727. The standard InChI is InChI=1S/C13H14N2O4/c1-8(10-4-5-11(19-10)13(16)17)15-9-3-6-12(18-2)14-7-9/h3-8,15H,1-2H3,(H,16,17). The maximum Gasteiger partial charge on any atom is 0.371 e. The van der Waals surface area contributed by atoms with Crippen molar-refractivity contribution in [3.05, 3.63) is 42.0 Å². The number of rotatable bonds is 5. The van der Waals surface area contributed by atoms with Crippen molar-refractivity contribution in [3.63, 3.8) is 0 Å². The summed E-state index contributed by atoms with van der Waals surface area (Å²) in [6.45, 7) is 1.87. The number of anilines is 1. The molecule has 1 unspecified atom stereocenters. The number of carboxylic acid groups (broad SMARTS) is 1. The molecule has 0 aliphatic rings. The monoisotopic (exact) mass is 262 g/mol. The summed E-state index contributed by atoms with van der Waals surface area (Å²) in [5, 5.41) is 11.9. The summed E-state index contributed by atoms with van der Waals surface area (Å²) < 4.78 is 10.2. The molecule has 2 rings (SSSR count). The summed E-state index contributed by atoms with van der Waals surface area (Å²) in [7, 11) is 1.55. The van der Waals surface area contributed by atoms with E-state index in [4.69, 9.17) is 14.3 Å². The van der Waals surface area contributed by atoms with Crippen molar-refractivity contribution in [1.82, 2.24) is 4.98 Å². The van der Waals surface area contributed by atoms with Crippen LogP contribution in [0.25, 0.3) is 0 Å². The number of methoxy groups -OCH3 is 1. The van der Waals surface area contributed by atoms with Crippen LogP contribution in [0.15, 0.2) is 34.9 Å². The first-order chi connectivity index (χ1) is 9.10. The molecular formula is C13H14N2O4. The van der Waals surface area contributed by atoms with Crippen LogP contribution >= 0.6 is 0 Å². The fourth-order valence-electron chi connectivity index (χ4n) is 1.61. The molecule has 2 aromatic heterocycles. The van der Waals surface area contributed by atoms with Crippen molar-refractivity contribution in [3.8, 4) is 5.88 Å². The SMILES string of the molecule is COc1ccc(NC(C)c2ccc(C(=O)O)o2)cn1. The highest BCUT2D eigenvalue weighted by Gasteiger charge is 2.14. The van der Waals surface area contributed by atoms with Crippen LogP contribution in [0.5, 0.6) is 5.88 Å². The number of pyridine rings is 1. The normalized spacial score (nSPS) is 11.9. The maximum absolute atomic E-state index is 10.7. The van der Waals surface area contributed by atoms with Crippen molar-refractivity contribution < 1.29 is 19.1 Å². The van der Waals surface area contributed by atoms with E-state index in [9.17, 15) is 4.79 Å². The van der Waals surface area contributed by atoms with Gasteiger partial charge in [0.25, 0.3) is 0 Å². The van der Waals surface area contributed by atoms with Gasteiger partial charge in [0.2, 0.25) is 11.6 Å². The third-order valence-corrected chi connectivity index (χ3v) is 2.59.